The van der Waals surface area contributed by atoms with E-state index in [-0.39, 0.29) is 18.1 Å². The first-order chi connectivity index (χ1) is 8.60. The number of benzene rings is 1. The van der Waals surface area contributed by atoms with Gasteiger partial charge in [0.1, 0.15) is 6.04 Å². The summed E-state index contributed by atoms with van der Waals surface area (Å²) in [5, 5.41) is 4.08. The Labute approximate surface area is 112 Å². The van der Waals surface area contributed by atoms with Crippen LogP contribution >= 0.6 is 11.6 Å². The highest BCUT2D eigenvalue weighted by Gasteiger charge is 2.25. The van der Waals surface area contributed by atoms with Crippen LogP contribution in [0.2, 0.25) is 5.02 Å². The van der Waals surface area contributed by atoms with Gasteiger partial charge >= 0.3 is 5.97 Å². The number of carbonyl (C=O) groups is 1. The highest BCUT2D eigenvalue weighted by molar-refractivity contribution is 6.30. The molecule has 1 aliphatic carbocycles. The van der Waals surface area contributed by atoms with Crippen molar-refractivity contribution in [2.75, 3.05) is 6.61 Å². The normalized spacial score (nSPS) is 19.4. The van der Waals surface area contributed by atoms with E-state index in [1.165, 1.54) is 11.1 Å². The van der Waals surface area contributed by atoms with E-state index in [2.05, 4.69) is 11.4 Å². The van der Waals surface area contributed by atoms with E-state index in [1.54, 1.807) is 0 Å². The Kier molecular flexibility index (Phi) is 4.25. The molecule has 0 heterocycles. The first-order valence-electron chi connectivity index (χ1n) is 6.30. The van der Waals surface area contributed by atoms with Crippen LogP contribution in [0.25, 0.3) is 0 Å². The van der Waals surface area contributed by atoms with Gasteiger partial charge in [-0.2, -0.15) is 0 Å². The molecule has 0 radical (unpaired) electrons. The topological polar surface area (TPSA) is 38.3 Å². The molecule has 2 unspecified atom stereocenters. The minimum absolute atomic E-state index is 0.188. The maximum atomic E-state index is 11.6. The zero-order valence-corrected chi connectivity index (χ0v) is 11.5. The Balaban J connectivity index is 1.93. The molecule has 3 nitrogen and oxygen atoms in total. The summed E-state index contributed by atoms with van der Waals surface area (Å²) < 4.78 is 4.99. The van der Waals surface area contributed by atoms with Crippen LogP contribution in [0.5, 0.6) is 0 Å². The zero-order valence-electron chi connectivity index (χ0n) is 10.7. The molecule has 98 valence electrons. The number of halogens is 1. The second-order valence-electron chi connectivity index (χ2n) is 4.66. The molecule has 0 saturated heterocycles. The number of rotatable bonds is 4. The van der Waals surface area contributed by atoms with Crippen molar-refractivity contribution in [2.24, 2.45) is 0 Å². The van der Waals surface area contributed by atoms with Gasteiger partial charge in [0.05, 0.1) is 6.61 Å². The lowest BCUT2D eigenvalue weighted by Gasteiger charge is -2.17. The molecule has 0 spiro atoms. The minimum Gasteiger partial charge on any atom is -0.465 e. The number of fused-ring (bicyclic) bond motifs is 1. The predicted octanol–water partition coefficient (Wildman–Crippen LogP) is 2.35. The van der Waals surface area contributed by atoms with E-state index in [0.717, 1.165) is 17.9 Å². The van der Waals surface area contributed by atoms with Gasteiger partial charge in [0.25, 0.3) is 0 Å². The standard InChI is InChI=1S/C14H18ClNO2/c1-3-18-14(17)9(2)16-13-7-10-4-5-12(15)6-11(10)8-13/h4-6,9,13,16H,3,7-8H2,1-2H3. The van der Waals surface area contributed by atoms with E-state index in [9.17, 15) is 4.79 Å². The molecule has 18 heavy (non-hydrogen) atoms. The molecule has 1 aromatic carbocycles. The van der Waals surface area contributed by atoms with Crippen molar-refractivity contribution in [1.29, 1.82) is 0 Å². The average Bonchev–Trinajstić information content (AvgIpc) is 2.70. The van der Waals surface area contributed by atoms with E-state index >= 15 is 0 Å². The van der Waals surface area contributed by atoms with E-state index in [0.29, 0.717) is 6.61 Å². The summed E-state index contributed by atoms with van der Waals surface area (Å²) in [5.74, 6) is -0.188. The van der Waals surface area contributed by atoms with Gasteiger partial charge < -0.3 is 10.1 Å². The smallest absolute Gasteiger partial charge is 0.322 e. The monoisotopic (exact) mass is 267 g/mol. The van der Waals surface area contributed by atoms with E-state index in [1.807, 2.05) is 26.0 Å². The maximum Gasteiger partial charge on any atom is 0.322 e. The van der Waals surface area contributed by atoms with Crippen LogP contribution in [0.4, 0.5) is 0 Å². The number of carbonyl (C=O) groups excluding carboxylic acids is 1. The Bertz CT molecular complexity index is 447. The lowest BCUT2D eigenvalue weighted by molar-refractivity contribution is -0.145. The second-order valence-corrected chi connectivity index (χ2v) is 5.10. The molecule has 1 aliphatic rings. The molecular weight excluding hydrogens is 250 g/mol. The second kappa shape index (κ2) is 5.72. The fourth-order valence-electron chi connectivity index (χ4n) is 2.39. The van der Waals surface area contributed by atoms with Gasteiger partial charge in [0.15, 0.2) is 0 Å². The van der Waals surface area contributed by atoms with Gasteiger partial charge in [-0.25, -0.2) is 0 Å². The van der Waals surface area contributed by atoms with Crippen LogP contribution in [0.3, 0.4) is 0 Å². The van der Waals surface area contributed by atoms with Gasteiger partial charge in [-0.05, 0) is 49.9 Å². The Morgan fingerprint density at radius 3 is 2.94 bits per heavy atom. The molecule has 0 amide bonds. The molecule has 0 saturated carbocycles. The van der Waals surface area contributed by atoms with Gasteiger partial charge in [0, 0.05) is 11.1 Å². The zero-order chi connectivity index (χ0) is 13.1. The SMILES string of the molecule is CCOC(=O)C(C)NC1Cc2ccc(Cl)cc2C1. The van der Waals surface area contributed by atoms with Crippen molar-refractivity contribution in [1.82, 2.24) is 5.32 Å². The van der Waals surface area contributed by atoms with Gasteiger partial charge in [0.2, 0.25) is 0 Å². The third-order valence-electron chi connectivity index (χ3n) is 3.23. The fourth-order valence-corrected chi connectivity index (χ4v) is 2.59. The lowest BCUT2D eigenvalue weighted by Crippen LogP contribution is -2.42. The van der Waals surface area contributed by atoms with Crippen LogP contribution < -0.4 is 5.32 Å². The summed E-state index contributed by atoms with van der Waals surface area (Å²) in [7, 11) is 0. The maximum absolute atomic E-state index is 11.6. The van der Waals surface area contributed by atoms with Crippen molar-refractivity contribution in [3.05, 3.63) is 34.3 Å². The number of hydrogen-bond acceptors (Lipinski definition) is 3. The summed E-state index contributed by atoms with van der Waals surface area (Å²) in [6, 6.07) is 6.01. The van der Waals surface area contributed by atoms with Crippen LogP contribution in [-0.2, 0) is 22.4 Å². The highest BCUT2D eigenvalue weighted by atomic mass is 35.5. The molecule has 4 heteroatoms. The molecule has 1 aromatic rings. The molecule has 0 aromatic heterocycles. The first-order valence-corrected chi connectivity index (χ1v) is 6.68. The quantitative estimate of drug-likeness (QED) is 0.851. The third kappa shape index (κ3) is 3.03. The Hall–Kier alpha value is -1.06. The molecule has 0 bridgehead atoms. The Morgan fingerprint density at radius 2 is 2.22 bits per heavy atom. The molecular formula is C14H18ClNO2. The molecule has 1 N–H and O–H groups in total. The number of hydrogen-bond donors (Lipinski definition) is 1. The van der Waals surface area contributed by atoms with E-state index in [4.69, 9.17) is 16.3 Å². The van der Waals surface area contributed by atoms with Crippen LogP contribution in [0.1, 0.15) is 25.0 Å². The summed E-state index contributed by atoms with van der Waals surface area (Å²) in [6.07, 6.45) is 1.86. The highest BCUT2D eigenvalue weighted by Crippen LogP contribution is 2.25. The Morgan fingerprint density at radius 1 is 1.50 bits per heavy atom. The number of ether oxygens (including phenoxy) is 1. The van der Waals surface area contributed by atoms with Crippen molar-refractivity contribution < 1.29 is 9.53 Å². The third-order valence-corrected chi connectivity index (χ3v) is 3.46. The summed E-state index contributed by atoms with van der Waals surface area (Å²) in [4.78, 5) is 11.6. The van der Waals surface area contributed by atoms with Gasteiger partial charge in [-0.3, -0.25) is 4.79 Å². The van der Waals surface area contributed by atoms with Crippen LogP contribution in [0, 0.1) is 0 Å². The summed E-state index contributed by atoms with van der Waals surface area (Å²) >= 11 is 5.97. The number of esters is 1. The van der Waals surface area contributed by atoms with Crippen LogP contribution in [0.15, 0.2) is 18.2 Å². The summed E-state index contributed by atoms with van der Waals surface area (Å²) in [6.45, 7) is 4.08. The van der Waals surface area contributed by atoms with Gasteiger partial charge in [-0.15, -0.1) is 0 Å². The first kappa shape index (κ1) is 13.4. The van der Waals surface area contributed by atoms with E-state index < -0.39 is 0 Å². The van der Waals surface area contributed by atoms with Crippen molar-refractivity contribution >= 4 is 17.6 Å². The molecule has 2 atom stereocenters. The lowest BCUT2D eigenvalue weighted by atomic mass is 10.1. The predicted molar refractivity (Wildman–Crippen MR) is 71.9 cm³/mol. The van der Waals surface area contributed by atoms with Crippen molar-refractivity contribution in [2.45, 2.75) is 38.8 Å². The number of nitrogens with one attached hydrogen (secondary N) is 1. The average molecular weight is 268 g/mol. The summed E-state index contributed by atoms with van der Waals surface area (Å²) in [5.41, 5.74) is 2.59. The molecule has 2 rings (SSSR count). The van der Waals surface area contributed by atoms with Crippen LogP contribution in [-0.4, -0.2) is 24.7 Å². The van der Waals surface area contributed by atoms with Crippen molar-refractivity contribution in [3.8, 4) is 0 Å². The molecule has 0 aliphatic heterocycles. The fraction of sp³-hybridized carbons (Fsp3) is 0.500. The molecule has 0 fully saturated rings. The van der Waals surface area contributed by atoms with Crippen molar-refractivity contribution in [3.63, 3.8) is 0 Å². The minimum atomic E-state index is -0.264. The van der Waals surface area contributed by atoms with Gasteiger partial charge in [-0.1, -0.05) is 17.7 Å². The largest absolute Gasteiger partial charge is 0.465 e.